The Labute approximate surface area is 96.4 Å². The number of esters is 1. The van der Waals surface area contributed by atoms with E-state index in [9.17, 15) is 18.0 Å². The predicted octanol–water partition coefficient (Wildman–Crippen LogP) is 1.54. The summed E-state index contributed by atoms with van der Waals surface area (Å²) in [6, 6.07) is 0.000976. The Morgan fingerprint density at radius 3 is 2.47 bits per heavy atom. The lowest BCUT2D eigenvalue weighted by Crippen LogP contribution is -2.34. The van der Waals surface area contributed by atoms with Crippen molar-refractivity contribution in [3.8, 4) is 0 Å². The van der Waals surface area contributed by atoms with E-state index in [-0.39, 0.29) is 18.6 Å². The van der Waals surface area contributed by atoms with Crippen molar-refractivity contribution in [1.82, 2.24) is 0 Å². The standard InChI is InChI=1S/C11H12F3NO2/c1-2-17-11(16)10(15)4-6-3-8(13)9(14)5-7(6)12/h3,5,10H,2,4,15H2,1H3. The van der Waals surface area contributed by atoms with Crippen molar-refractivity contribution in [1.29, 1.82) is 0 Å². The van der Waals surface area contributed by atoms with E-state index in [0.29, 0.717) is 12.1 Å². The lowest BCUT2D eigenvalue weighted by atomic mass is 10.1. The maximum Gasteiger partial charge on any atom is 0.323 e. The van der Waals surface area contributed by atoms with Gasteiger partial charge < -0.3 is 10.5 Å². The molecule has 1 rings (SSSR count). The van der Waals surface area contributed by atoms with Gasteiger partial charge in [-0.3, -0.25) is 4.79 Å². The lowest BCUT2D eigenvalue weighted by molar-refractivity contribution is -0.144. The SMILES string of the molecule is CCOC(=O)C(N)Cc1cc(F)c(F)cc1F. The first kappa shape index (κ1) is 13.5. The van der Waals surface area contributed by atoms with E-state index in [2.05, 4.69) is 4.74 Å². The van der Waals surface area contributed by atoms with Crippen LogP contribution in [0.5, 0.6) is 0 Å². The molecule has 0 aliphatic rings. The number of nitrogens with two attached hydrogens (primary N) is 1. The summed E-state index contributed by atoms with van der Waals surface area (Å²) in [5.74, 6) is -4.12. The van der Waals surface area contributed by atoms with Gasteiger partial charge in [0.25, 0.3) is 0 Å². The van der Waals surface area contributed by atoms with Gasteiger partial charge in [0, 0.05) is 12.5 Å². The van der Waals surface area contributed by atoms with Crippen LogP contribution in [0.25, 0.3) is 0 Å². The Hall–Kier alpha value is -1.56. The normalized spacial score (nSPS) is 12.3. The van der Waals surface area contributed by atoms with Crippen LogP contribution in [0, 0.1) is 17.5 Å². The molecule has 1 atom stereocenters. The number of ether oxygens (including phenoxy) is 1. The molecule has 0 aliphatic heterocycles. The molecule has 1 aromatic rings. The van der Waals surface area contributed by atoms with Crippen LogP contribution < -0.4 is 5.73 Å². The maximum absolute atomic E-state index is 13.2. The fraction of sp³-hybridized carbons (Fsp3) is 0.364. The molecule has 3 nitrogen and oxygen atoms in total. The Kier molecular flexibility index (Phi) is 4.51. The highest BCUT2D eigenvalue weighted by atomic mass is 19.2. The number of rotatable bonds is 4. The average Bonchev–Trinajstić information content (AvgIpc) is 2.26. The number of hydrogen-bond donors (Lipinski definition) is 1. The third-order valence-corrected chi connectivity index (χ3v) is 2.12. The van der Waals surface area contributed by atoms with E-state index in [0.717, 1.165) is 0 Å². The molecule has 0 aliphatic carbocycles. The van der Waals surface area contributed by atoms with Crippen molar-refractivity contribution in [3.63, 3.8) is 0 Å². The molecular formula is C11H12F3NO2. The first-order chi connectivity index (χ1) is 7.95. The second kappa shape index (κ2) is 5.67. The summed E-state index contributed by atoms with van der Waals surface area (Å²) in [5, 5.41) is 0. The monoisotopic (exact) mass is 247 g/mol. The smallest absolute Gasteiger partial charge is 0.323 e. The van der Waals surface area contributed by atoms with E-state index < -0.39 is 29.5 Å². The summed E-state index contributed by atoms with van der Waals surface area (Å²) in [4.78, 5) is 11.2. The second-order valence-corrected chi connectivity index (χ2v) is 3.42. The minimum absolute atomic E-state index is 0.146. The molecular weight excluding hydrogens is 235 g/mol. The first-order valence-electron chi connectivity index (χ1n) is 5.01. The third kappa shape index (κ3) is 3.45. The van der Waals surface area contributed by atoms with Crippen LogP contribution in [0.3, 0.4) is 0 Å². The van der Waals surface area contributed by atoms with Crippen LogP contribution in [0.4, 0.5) is 13.2 Å². The Balaban J connectivity index is 2.81. The minimum atomic E-state index is -1.28. The highest BCUT2D eigenvalue weighted by molar-refractivity contribution is 5.75. The minimum Gasteiger partial charge on any atom is -0.465 e. The van der Waals surface area contributed by atoms with E-state index >= 15 is 0 Å². The summed E-state index contributed by atoms with van der Waals surface area (Å²) < 4.78 is 43.3. The summed E-state index contributed by atoms with van der Waals surface area (Å²) >= 11 is 0. The van der Waals surface area contributed by atoms with E-state index in [1.165, 1.54) is 0 Å². The predicted molar refractivity (Wildman–Crippen MR) is 54.6 cm³/mol. The van der Waals surface area contributed by atoms with Gasteiger partial charge in [-0.15, -0.1) is 0 Å². The maximum atomic E-state index is 13.2. The fourth-order valence-corrected chi connectivity index (χ4v) is 1.29. The molecule has 0 saturated heterocycles. The van der Waals surface area contributed by atoms with Gasteiger partial charge in [0.05, 0.1) is 6.61 Å². The molecule has 0 saturated carbocycles. The molecule has 2 N–H and O–H groups in total. The van der Waals surface area contributed by atoms with Gasteiger partial charge in [0.1, 0.15) is 11.9 Å². The summed E-state index contributed by atoms with van der Waals surface area (Å²) in [6.07, 6.45) is -0.248. The van der Waals surface area contributed by atoms with Crippen molar-refractivity contribution in [2.75, 3.05) is 6.61 Å². The summed E-state index contributed by atoms with van der Waals surface area (Å²) in [5.41, 5.74) is 5.27. The van der Waals surface area contributed by atoms with Gasteiger partial charge in [-0.05, 0) is 18.6 Å². The van der Waals surface area contributed by atoms with Crippen molar-refractivity contribution in [2.24, 2.45) is 5.73 Å². The van der Waals surface area contributed by atoms with Crippen LogP contribution in [-0.2, 0) is 16.0 Å². The lowest BCUT2D eigenvalue weighted by Gasteiger charge is -2.11. The molecule has 0 spiro atoms. The number of carbonyl (C=O) groups excluding carboxylic acids is 1. The molecule has 94 valence electrons. The van der Waals surface area contributed by atoms with Gasteiger partial charge in [-0.25, -0.2) is 13.2 Å². The number of hydrogen-bond acceptors (Lipinski definition) is 3. The Bertz CT molecular complexity index is 423. The molecule has 6 heteroatoms. The summed E-state index contributed by atoms with van der Waals surface area (Å²) in [6.45, 7) is 1.75. The van der Waals surface area contributed by atoms with Crippen LogP contribution in [0.2, 0.25) is 0 Å². The number of halogens is 3. The van der Waals surface area contributed by atoms with E-state index in [4.69, 9.17) is 5.73 Å². The molecule has 0 heterocycles. The van der Waals surface area contributed by atoms with Crippen LogP contribution >= 0.6 is 0 Å². The van der Waals surface area contributed by atoms with Crippen LogP contribution in [0.15, 0.2) is 12.1 Å². The Morgan fingerprint density at radius 1 is 1.29 bits per heavy atom. The Morgan fingerprint density at radius 2 is 1.88 bits per heavy atom. The van der Waals surface area contributed by atoms with Crippen molar-refractivity contribution >= 4 is 5.97 Å². The van der Waals surface area contributed by atoms with Gasteiger partial charge in [0.2, 0.25) is 0 Å². The molecule has 0 aromatic heterocycles. The average molecular weight is 247 g/mol. The molecule has 0 fully saturated rings. The number of carbonyl (C=O) groups is 1. The van der Waals surface area contributed by atoms with Crippen molar-refractivity contribution in [2.45, 2.75) is 19.4 Å². The van der Waals surface area contributed by atoms with Crippen LogP contribution in [-0.4, -0.2) is 18.6 Å². The third-order valence-electron chi connectivity index (χ3n) is 2.12. The molecule has 0 amide bonds. The highest BCUT2D eigenvalue weighted by Crippen LogP contribution is 2.15. The zero-order valence-corrected chi connectivity index (χ0v) is 9.17. The van der Waals surface area contributed by atoms with Crippen molar-refractivity contribution < 1.29 is 22.7 Å². The molecule has 1 aromatic carbocycles. The summed E-state index contributed by atoms with van der Waals surface area (Å²) in [7, 11) is 0. The zero-order chi connectivity index (χ0) is 13.0. The molecule has 0 bridgehead atoms. The highest BCUT2D eigenvalue weighted by Gasteiger charge is 2.18. The number of benzene rings is 1. The van der Waals surface area contributed by atoms with E-state index in [1.54, 1.807) is 6.92 Å². The van der Waals surface area contributed by atoms with Gasteiger partial charge in [-0.1, -0.05) is 0 Å². The van der Waals surface area contributed by atoms with E-state index in [1.807, 2.05) is 0 Å². The van der Waals surface area contributed by atoms with Crippen molar-refractivity contribution in [3.05, 3.63) is 35.1 Å². The van der Waals surface area contributed by atoms with Gasteiger partial charge in [0.15, 0.2) is 11.6 Å². The topological polar surface area (TPSA) is 52.3 Å². The van der Waals surface area contributed by atoms with Gasteiger partial charge in [-0.2, -0.15) is 0 Å². The molecule has 17 heavy (non-hydrogen) atoms. The largest absolute Gasteiger partial charge is 0.465 e. The quantitative estimate of drug-likeness (QED) is 0.648. The molecule has 0 radical (unpaired) electrons. The molecule has 1 unspecified atom stereocenters. The zero-order valence-electron chi connectivity index (χ0n) is 9.17. The first-order valence-corrected chi connectivity index (χ1v) is 5.01. The fourth-order valence-electron chi connectivity index (χ4n) is 1.29. The van der Waals surface area contributed by atoms with Crippen LogP contribution in [0.1, 0.15) is 12.5 Å². The second-order valence-electron chi connectivity index (χ2n) is 3.42. The van der Waals surface area contributed by atoms with Gasteiger partial charge >= 0.3 is 5.97 Å².